The molecule has 1 aromatic heterocycles. The van der Waals surface area contributed by atoms with Crippen LogP contribution in [0.3, 0.4) is 0 Å². The van der Waals surface area contributed by atoms with Crippen molar-refractivity contribution < 1.29 is 4.74 Å². The minimum atomic E-state index is 0. The number of nitrogens with one attached hydrogen (secondary N) is 2. The first-order chi connectivity index (χ1) is 10.7. The van der Waals surface area contributed by atoms with Crippen LogP contribution in [0.1, 0.15) is 46.1 Å². The van der Waals surface area contributed by atoms with Gasteiger partial charge in [0.1, 0.15) is 0 Å². The van der Waals surface area contributed by atoms with Crippen LogP contribution in [0.15, 0.2) is 23.3 Å². The molecule has 0 aliphatic rings. The van der Waals surface area contributed by atoms with E-state index in [4.69, 9.17) is 4.74 Å². The summed E-state index contributed by atoms with van der Waals surface area (Å²) < 4.78 is 5.42. The molecule has 0 amide bonds. The highest BCUT2D eigenvalue weighted by molar-refractivity contribution is 14.0. The van der Waals surface area contributed by atoms with E-state index in [0.717, 1.165) is 24.6 Å². The summed E-state index contributed by atoms with van der Waals surface area (Å²) in [4.78, 5) is 8.81. The molecular formula is C17H31IN4O. The van der Waals surface area contributed by atoms with Crippen molar-refractivity contribution in [1.82, 2.24) is 15.6 Å². The topological polar surface area (TPSA) is 58.5 Å². The number of nitrogens with zero attached hydrogens (tertiary/aromatic N) is 2. The summed E-state index contributed by atoms with van der Waals surface area (Å²) in [6.45, 7) is 11.5. The van der Waals surface area contributed by atoms with Gasteiger partial charge >= 0.3 is 0 Å². The summed E-state index contributed by atoms with van der Waals surface area (Å²) in [6.07, 6.45) is 4.14. The minimum Gasteiger partial charge on any atom is -0.478 e. The van der Waals surface area contributed by atoms with Gasteiger partial charge in [-0.05, 0) is 31.4 Å². The van der Waals surface area contributed by atoms with Crippen molar-refractivity contribution >= 4 is 29.9 Å². The number of aromatic nitrogens is 1. The first kappa shape index (κ1) is 21.9. The number of halogens is 1. The van der Waals surface area contributed by atoms with Crippen molar-refractivity contribution in [2.24, 2.45) is 10.9 Å². The monoisotopic (exact) mass is 434 g/mol. The number of aliphatic imine (C=N–C) groups is 1. The Hall–Kier alpha value is -1.05. The first-order valence-electron chi connectivity index (χ1n) is 8.33. The predicted octanol–water partition coefficient (Wildman–Crippen LogP) is 3.59. The second-order valence-electron chi connectivity index (χ2n) is 5.19. The average molecular weight is 434 g/mol. The zero-order chi connectivity index (χ0) is 16.2. The highest BCUT2D eigenvalue weighted by atomic mass is 127. The first-order valence-corrected chi connectivity index (χ1v) is 8.33. The van der Waals surface area contributed by atoms with Gasteiger partial charge in [0, 0.05) is 25.4 Å². The number of ether oxygens (including phenoxy) is 1. The zero-order valence-corrected chi connectivity index (χ0v) is 17.1. The van der Waals surface area contributed by atoms with Gasteiger partial charge in [0.25, 0.3) is 0 Å². The van der Waals surface area contributed by atoms with Crippen LogP contribution in [0.4, 0.5) is 0 Å². The van der Waals surface area contributed by atoms with Gasteiger partial charge in [-0.3, -0.25) is 0 Å². The molecule has 23 heavy (non-hydrogen) atoms. The van der Waals surface area contributed by atoms with Crippen LogP contribution < -0.4 is 15.4 Å². The lowest BCUT2D eigenvalue weighted by Crippen LogP contribution is -2.39. The van der Waals surface area contributed by atoms with E-state index in [1.807, 2.05) is 19.1 Å². The lowest BCUT2D eigenvalue weighted by Gasteiger charge is -2.16. The third kappa shape index (κ3) is 8.98. The van der Waals surface area contributed by atoms with Crippen LogP contribution in [0, 0.1) is 5.92 Å². The van der Waals surface area contributed by atoms with Crippen molar-refractivity contribution in [1.29, 1.82) is 0 Å². The highest BCUT2D eigenvalue weighted by Gasteiger charge is 2.05. The van der Waals surface area contributed by atoms with Crippen molar-refractivity contribution in [3.05, 3.63) is 23.9 Å². The lowest BCUT2D eigenvalue weighted by atomic mass is 10.0. The van der Waals surface area contributed by atoms with E-state index in [0.29, 0.717) is 24.9 Å². The fourth-order valence-corrected chi connectivity index (χ4v) is 2.11. The van der Waals surface area contributed by atoms with Gasteiger partial charge in [-0.15, -0.1) is 24.0 Å². The van der Waals surface area contributed by atoms with E-state index in [2.05, 4.69) is 41.4 Å². The minimum absolute atomic E-state index is 0. The molecule has 132 valence electrons. The van der Waals surface area contributed by atoms with Gasteiger partial charge in [-0.2, -0.15) is 0 Å². The van der Waals surface area contributed by atoms with E-state index in [1.54, 1.807) is 6.20 Å². The van der Waals surface area contributed by atoms with E-state index < -0.39 is 0 Å². The van der Waals surface area contributed by atoms with Crippen LogP contribution in [-0.4, -0.2) is 30.6 Å². The van der Waals surface area contributed by atoms with Gasteiger partial charge in [-0.1, -0.05) is 26.7 Å². The molecule has 0 atom stereocenters. The van der Waals surface area contributed by atoms with E-state index in [1.165, 1.54) is 12.8 Å². The van der Waals surface area contributed by atoms with Gasteiger partial charge in [0.05, 0.1) is 13.2 Å². The number of pyridine rings is 1. The molecule has 0 aliphatic carbocycles. The molecule has 1 rings (SSSR count). The lowest BCUT2D eigenvalue weighted by molar-refractivity contribution is 0.326. The molecule has 0 aromatic carbocycles. The Kier molecular flexibility index (Phi) is 12.8. The van der Waals surface area contributed by atoms with Crippen LogP contribution >= 0.6 is 24.0 Å². The third-order valence-corrected chi connectivity index (χ3v) is 3.57. The van der Waals surface area contributed by atoms with Crippen molar-refractivity contribution in [3.63, 3.8) is 0 Å². The number of guanidine groups is 1. The average Bonchev–Trinajstić information content (AvgIpc) is 2.54. The van der Waals surface area contributed by atoms with Crippen molar-refractivity contribution in [2.45, 2.75) is 47.1 Å². The van der Waals surface area contributed by atoms with Gasteiger partial charge < -0.3 is 15.4 Å². The quantitative estimate of drug-likeness (QED) is 0.354. The van der Waals surface area contributed by atoms with E-state index >= 15 is 0 Å². The molecule has 0 bridgehead atoms. The van der Waals surface area contributed by atoms with Gasteiger partial charge in [0.2, 0.25) is 5.88 Å². The van der Waals surface area contributed by atoms with E-state index in [9.17, 15) is 0 Å². The maximum absolute atomic E-state index is 5.42. The largest absolute Gasteiger partial charge is 0.478 e. The molecule has 0 fully saturated rings. The molecule has 1 aromatic rings. The molecule has 6 heteroatoms. The smallest absolute Gasteiger partial charge is 0.213 e. The molecule has 0 unspecified atom stereocenters. The Balaban J connectivity index is 0.00000484. The van der Waals surface area contributed by atoms with Gasteiger partial charge in [-0.25, -0.2) is 9.98 Å². The second kappa shape index (κ2) is 13.4. The maximum atomic E-state index is 5.42. The summed E-state index contributed by atoms with van der Waals surface area (Å²) in [5, 5.41) is 6.71. The second-order valence-corrected chi connectivity index (χ2v) is 5.19. The van der Waals surface area contributed by atoms with E-state index in [-0.39, 0.29) is 24.0 Å². The maximum Gasteiger partial charge on any atom is 0.213 e. The molecule has 0 aliphatic heterocycles. The molecule has 1 heterocycles. The normalized spacial score (nSPS) is 11.1. The molecule has 2 N–H and O–H groups in total. The molecule has 0 spiro atoms. The highest BCUT2D eigenvalue weighted by Crippen LogP contribution is 2.10. The van der Waals surface area contributed by atoms with Crippen LogP contribution in [0.2, 0.25) is 0 Å². The van der Waals surface area contributed by atoms with Crippen molar-refractivity contribution in [2.75, 3.05) is 19.7 Å². The number of hydrogen-bond acceptors (Lipinski definition) is 3. The molecule has 0 saturated carbocycles. The molecule has 5 nitrogen and oxygen atoms in total. The molecule has 0 radical (unpaired) electrons. The third-order valence-electron chi connectivity index (χ3n) is 3.57. The Morgan fingerprint density at radius 1 is 1.22 bits per heavy atom. The standard InChI is InChI=1S/C17H30N4O.HI/c1-5-14(6-2)12-20-17(18-7-3)21-13-15-9-10-19-16(11-15)22-8-4;/h9-11,14H,5-8,12-13H2,1-4H3,(H2,18,20,21);1H. The van der Waals surface area contributed by atoms with Crippen LogP contribution in [0.5, 0.6) is 5.88 Å². The fraction of sp³-hybridized carbons (Fsp3) is 0.647. The Morgan fingerprint density at radius 2 is 1.96 bits per heavy atom. The van der Waals surface area contributed by atoms with Crippen LogP contribution in [0.25, 0.3) is 0 Å². The summed E-state index contributed by atoms with van der Waals surface area (Å²) in [5.41, 5.74) is 1.10. The summed E-state index contributed by atoms with van der Waals surface area (Å²) >= 11 is 0. The summed E-state index contributed by atoms with van der Waals surface area (Å²) in [7, 11) is 0. The molecular weight excluding hydrogens is 403 g/mol. The van der Waals surface area contributed by atoms with Crippen molar-refractivity contribution in [3.8, 4) is 5.88 Å². The fourth-order valence-electron chi connectivity index (χ4n) is 2.11. The van der Waals surface area contributed by atoms with Gasteiger partial charge in [0.15, 0.2) is 5.96 Å². The summed E-state index contributed by atoms with van der Waals surface area (Å²) in [6, 6.07) is 3.91. The summed E-state index contributed by atoms with van der Waals surface area (Å²) in [5.74, 6) is 2.21. The predicted molar refractivity (Wildman–Crippen MR) is 108 cm³/mol. The Labute approximate surface area is 157 Å². The zero-order valence-electron chi connectivity index (χ0n) is 14.8. The Morgan fingerprint density at radius 3 is 2.57 bits per heavy atom. The number of hydrogen-bond donors (Lipinski definition) is 2. The SMILES string of the molecule is CCNC(=NCc1ccnc(OCC)c1)NCC(CC)CC.I. The Bertz CT molecular complexity index is 450. The number of rotatable bonds is 9. The van der Waals surface area contributed by atoms with Crippen LogP contribution in [-0.2, 0) is 6.54 Å². The molecule has 0 saturated heterocycles.